The minimum absolute atomic E-state index is 0.0627. The highest BCUT2D eigenvalue weighted by molar-refractivity contribution is 5.72. The highest BCUT2D eigenvalue weighted by Crippen LogP contribution is 2.22. The maximum Gasteiger partial charge on any atom is 0.308 e. The van der Waals surface area contributed by atoms with Gasteiger partial charge in [-0.3, -0.25) is 14.5 Å². The Kier molecular flexibility index (Phi) is 37.2. The van der Waals surface area contributed by atoms with E-state index in [2.05, 4.69) is 62.9 Å². The lowest BCUT2D eigenvalue weighted by Gasteiger charge is -2.22. The Morgan fingerprint density at radius 1 is 0.429 bits per heavy atom. The molecule has 0 aromatic heterocycles. The van der Waals surface area contributed by atoms with Crippen LogP contribution >= 0.6 is 0 Å². The highest BCUT2D eigenvalue weighted by atomic mass is 16.5. The lowest BCUT2D eigenvalue weighted by Crippen LogP contribution is -2.25. The van der Waals surface area contributed by atoms with Crippen molar-refractivity contribution >= 4 is 11.9 Å². The maximum atomic E-state index is 13.0. The summed E-state index contributed by atoms with van der Waals surface area (Å²) >= 11 is 0. The number of rotatable bonds is 42. The van der Waals surface area contributed by atoms with Crippen LogP contribution in [-0.2, 0) is 25.6 Å². The topological polar surface area (TPSA) is 55.8 Å². The SMILES string of the molecule is CCCCCCCCC(CCCCCC)C(=O)OCCCCCCN(CCCCCCOC(=O)C(CCCCCC)CCCCCCCC)Cc1ccccc1. The molecular weight excluding hydrogens is 691 g/mol. The molecule has 326 valence electrons. The summed E-state index contributed by atoms with van der Waals surface area (Å²) in [6.45, 7) is 13.4. The first-order valence-corrected chi connectivity index (χ1v) is 24.6. The van der Waals surface area contributed by atoms with Crippen LogP contribution in [0.3, 0.4) is 0 Å². The normalized spacial score (nSPS) is 12.6. The van der Waals surface area contributed by atoms with Crippen LogP contribution in [0.1, 0.15) is 239 Å². The van der Waals surface area contributed by atoms with Crippen molar-refractivity contribution < 1.29 is 19.1 Å². The number of carbonyl (C=O) groups excluding carboxylic acids is 2. The van der Waals surface area contributed by atoms with Gasteiger partial charge in [-0.25, -0.2) is 0 Å². The van der Waals surface area contributed by atoms with Crippen LogP contribution in [0.5, 0.6) is 0 Å². The van der Waals surface area contributed by atoms with Crippen molar-refractivity contribution in [2.45, 2.75) is 240 Å². The Balaban J connectivity index is 2.38. The van der Waals surface area contributed by atoms with Crippen molar-refractivity contribution in [1.29, 1.82) is 0 Å². The minimum Gasteiger partial charge on any atom is -0.465 e. The van der Waals surface area contributed by atoms with E-state index in [0.717, 1.165) is 96.7 Å². The van der Waals surface area contributed by atoms with Gasteiger partial charge in [0.15, 0.2) is 0 Å². The molecule has 0 radical (unpaired) electrons. The summed E-state index contributed by atoms with van der Waals surface area (Å²) in [4.78, 5) is 28.7. The van der Waals surface area contributed by atoms with Gasteiger partial charge in [0, 0.05) is 6.54 Å². The van der Waals surface area contributed by atoms with E-state index in [1.165, 1.54) is 134 Å². The van der Waals surface area contributed by atoms with E-state index in [-0.39, 0.29) is 23.8 Å². The third-order valence-corrected chi connectivity index (χ3v) is 11.8. The van der Waals surface area contributed by atoms with E-state index >= 15 is 0 Å². The van der Waals surface area contributed by atoms with Crippen molar-refractivity contribution in [1.82, 2.24) is 4.90 Å². The molecule has 0 heterocycles. The first-order valence-electron chi connectivity index (χ1n) is 24.6. The van der Waals surface area contributed by atoms with Gasteiger partial charge < -0.3 is 9.47 Å². The molecule has 0 amide bonds. The first kappa shape index (κ1) is 52.1. The van der Waals surface area contributed by atoms with Crippen LogP contribution in [-0.4, -0.2) is 43.1 Å². The van der Waals surface area contributed by atoms with E-state index in [1.54, 1.807) is 0 Å². The summed E-state index contributed by atoms with van der Waals surface area (Å²) in [5, 5.41) is 0. The molecule has 0 N–H and O–H groups in total. The summed E-state index contributed by atoms with van der Waals surface area (Å²) in [7, 11) is 0. The maximum absolute atomic E-state index is 13.0. The monoisotopic (exact) mass is 784 g/mol. The van der Waals surface area contributed by atoms with Crippen molar-refractivity contribution in [3.63, 3.8) is 0 Å². The van der Waals surface area contributed by atoms with E-state index in [1.807, 2.05) is 0 Å². The van der Waals surface area contributed by atoms with Crippen molar-refractivity contribution in [3.8, 4) is 0 Å². The van der Waals surface area contributed by atoms with Gasteiger partial charge in [0.2, 0.25) is 0 Å². The molecule has 0 fully saturated rings. The summed E-state index contributed by atoms with van der Waals surface area (Å²) in [5.41, 5.74) is 1.38. The van der Waals surface area contributed by atoms with E-state index < -0.39 is 0 Å². The fourth-order valence-corrected chi connectivity index (χ4v) is 8.01. The number of hydrogen-bond donors (Lipinski definition) is 0. The number of esters is 2. The van der Waals surface area contributed by atoms with E-state index in [0.29, 0.717) is 13.2 Å². The Labute approximate surface area is 348 Å². The fourth-order valence-electron chi connectivity index (χ4n) is 8.01. The Hall–Kier alpha value is -1.88. The lowest BCUT2D eigenvalue weighted by molar-refractivity contribution is -0.150. The van der Waals surface area contributed by atoms with Gasteiger partial charge >= 0.3 is 11.9 Å². The molecule has 0 aliphatic heterocycles. The third-order valence-electron chi connectivity index (χ3n) is 11.8. The largest absolute Gasteiger partial charge is 0.465 e. The molecule has 0 saturated carbocycles. The first-order chi connectivity index (χ1) is 27.5. The van der Waals surface area contributed by atoms with Crippen LogP contribution in [0.2, 0.25) is 0 Å². The van der Waals surface area contributed by atoms with Gasteiger partial charge in [0.05, 0.1) is 25.0 Å². The summed E-state index contributed by atoms with van der Waals surface area (Å²) in [6.07, 6.45) is 37.9. The average Bonchev–Trinajstić information content (AvgIpc) is 3.21. The van der Waals surface area contributed by atoms with Gasteiger partial charge in [-0.15, -0.1) is 0 Å². The number of hydrogen-bond acceptors (Lipinski definition) is 5. The van der Waals surface area contributed by atoms with Crippen LogP contribution in [0, 0.1) is 11.8 Å². The zero-order valence-corrected chi connectivity index (χ0v) is 37.8. The zero-order chi connectivity index (χ0) is 40.6. The van der Waals surface area contributed by atoms with Crippen molar-refractivity contribution in [2.75, 3.05) is 26.3 Å². The second-order valence-corrected chi connectivity index (χ2v) is 17.1. The molecule has 1 rings (SSSR count). The Morgan fingerprint density at radius 3 is 1.14 bits per heavy atom. The van der Waals surface area contributed by atoms with Crippen molar-refractivity contribution in [2.24, 2.45) is 11.8 Å². The smallest absolute Gasteiger partial charge is 0.308 e. The highest BCUT2D eigenvalue weighted by Gasteiger charge is 2.20. The standard InChI is InChI=1S/C51H93NO4/c1-5-9-13-17-19-30-40-48(38-28-15-11-7-3)50(53)55-44-34-23-21-32-42-52(46-47-36-26-25-27-37-47)43-33-22-24-35-45-56-51(54)49(39-29-16-12-8-4)41-31-20-18-14-10-6-2/h25-27,36-37,48-49H,5-24,28-35,38-46H2,1-4H3. The van der Waals surface area contributed by atoms with Crippen molar-refractivity contribution in [3.05, 3.63) is 35.9 Å². The van der Waals surface area contributed by atoms with Gasteiger partial charge in [0.25, 0.3) is 0 Å². The average molecular weight is 784 g/mol. The molecule has 0 spiro atoms. The number of ether oxygens (including phenoxy) is 2. The number of carbonyl (C=O) groups is 2. The van der Waals surface area contributed by atoms with Gasteiger partial charge in [-0.05, 0) is 70.0 Å². The zero-order valence-electron chi connectivity index (χ0n) is 37.8. The lowest BCUT2D eigenvalue weighted by atomic mass is 9.94. The predicted molar refractivity (Wildman–Crippen MR) is 241 cm³/mol. The van der Waals surface area contributed by atoms with Gasteiger partial charge in [0.1, 0.15) is 0 Å². The Bertz CT molecular complexity index is 925. The molecule has 1 aromatic rings. The molecular formula is C51H93NO4. The van der Waals surface area contributed by atoms with Crippen LogP contribution < -0.4 is 0 Å². The minimum atomic E-state index is 0.0627. The van der Waals surface area contributed by atoms with E-state index in [4.69, 9.17) is 9.47 Å². The molecule has 1 aromatic carbocycles. The molecule has 0 aliphatic carbocycles. The number of unbranched alkanes of at least 4 members (excludes halogenated alkanes) is 22. The predicted octanol–water partition coefficient (Wildman–Crippen LogP) is 15.4. The Morgan fingerprint density at radius 2 is 0.750 bits per heavy atom. The summed E-state index contributed by atoms with van der Waals surface area (Å²) in [6, 6.07) is 10.9. The molecule has 0 aliphatic rings. The van der Waals surface area contributed by atoms with Crippen LogP contribution in [0.4, 0.5) is 0 Å². The molecule has 5 nitrogen and oxygen atoms in total. The fraction of sp³-hybridized carbons (Fsp3) is 0.843. The molecule has 5 heteroatoms. The summed E-state index contributed by atoms with van der Waals surface area (Å²) in [5.74, 6) is 0.314. The second-order valence-electron chi connectivity index (χ2n) is 17.1. The third kappa shape index (κ3) is 31.2. The molecule has 2 atom stereocenters. The van der Waals surface area contributed by atoms with Gasteiger partial charge in [-0.2, -0.15) is 0 Å². The number of benzene rings is 1. The summed E-state index contributed by atoms with van der Waals surface area (Å²) < 4.78 is 11.7. The quantitative estimate of drug-likeness (QED) is 0.0488. The molecule has 2 unspecified atom stereocenters. The second kappa shape index (κ2) is 39.9. The molecule has 0 saturated heterocycles. The molecule has 0 bridgehead atoms. The van der Waals surface area contributed by atoms with Crippen LogP contribution in [0.15, 0.2) is 30.3 Å². The molecule has 56 heavy (non-hydrogen) atoms. The van der Waals surface area contributed by atoms with Gasteiger partial charge in [-0.1, -0.05) is 212 Å². The number of nitrogens with zero attached hydrogens (tertiary/aromatic N) is 1. The van der Waals surface area contributed by atoms with E-state index in [9.17, 15) is 9.59 Å². The van der Waals surface area contributed by atoms with Crippen LogP contribution in [0.25, 0.3) is 0 Å².